The summed E-state index contributed by atoms with van der Waals surface area (Å²) in [5.74, 6) is 0.881. The third kappa shape index (κ3) is 4.94. The lowest BCUT2D eigenvalue weighted by atomic mass is 10.3. The molecule has 1 N–H and O–H groups in total. The van der Waals surface area contributed by atoms with Crippen LogP contribution in [0.5, 0.6) is 0 Å². The van der Waals surface area contributed by atoms with Gasteiger partial charge in [0, 0.05) is 13.2 Å². The van der Waals surface area contributed by atoms with Crippen molar-refractivity contribution in [2.75, 3.05) is 13.2 Å². The molecule has 2 aromatic rings. The summed E-state index contributed by atoms with van der Waals surface area (Å²) in [6, 6.07) is 5.94. The Hall–Kier alpha value is -0.620. The molecule has 0 fully saturated rings. The molecule has 0 atom stereocenters. The molecule has 98 valence electrons. The molecule has 0 saturated heterocycles. The van der Waals surface area contributed by atoms with Gasteiger partial charge in [-0.1, -0.05) is 0 Å². The molecule has 5 heteroatoms. The van der Waals surface area contributed by atoms with E-state index in [4.69, 9.17) is 9.15 Å². The summed E-state index contributed by atoms with van der Waals surface area (Å²) >= 11 is 5.17. The summed E-state index contributed by atoms with van der Waals surface area (Å²) < 4.78 is 11.9. The summed E-state index contributed by atoms with van der Waals surface area (Å²) in [5, 5.41) is 5.55. The van der Waals surface area contributed by atoms with Crippen LogP contribution in [0.15, 0.2) is 38.0 Å². The minimum atomic E-state index is 0.560. The second kappa shape index (κ2) is 7.74. The molecule has 0 bridgehead atoms. The van der Waals surface area contributed by atoms with Crippen molar-refractivity contribution in [1.82, 2.24) is 5.32 Å². The van der Waals surface area contributed by atoms with Gasteiger partial charge in [0.15, 0.2) is 0 Å². The minimum absolute atomic E-state index is 0.560. The van der Waals surface area contributed by atoms with E-state index in [1.165, 1.54) is 9.35 Å². The lowest BCUT2D eigenvalue weighted by Gasteiger charge is -2.04. The van der Waals surface area contributed by atoms with Crippen LogP contribution in [0.4, 0.5) is 0 Å². The van der Waals surface area contributed by atoms with Crippen molar-refractivity contribution in [2.45, 2.75) is 19.6 Å². The van der Waals surface area contributed by atoms with Crippen molar-refractivity contribution < 1.29 is 9.15 Å². The highest BCUT2D eigenvalue weighted by molar-refractivity contribution is 9.11. The molecular weight excluding hydrogens is 314 g/mol. The maximum absolute atomic E-state index is 5.50. The summed E-state index contributed by atoms with van der Waals surface area (Å²) in [7, 11) is 0. The van der Waals surface area contributed by atoms with Crippen molar-refractivity contribution in [2.24, 2.45) is 0 Å². The third-order valence-electron chi connectivity index (χ3n) is 2.42. The van der Waals surface area contributed by atoms with Crippen LogP contribution in [0.1, 0.15) is 17.7 Å². The first-order valence-electron chi connectivity index (χ1n) is 5.88. The number of furan rings is 1. The number of hydrogen-bond acceptors (Lipinski definition) is 4. The van der Waals surface area contributed by atoms with Crippen molar-refractivity contribution in [3.8, 4) is 0 Å². The zero-order valence-corrected chi connectivity index (χ0v) is 12.4. The van der Waals surface area contributed by atoms with E-state index in [0.717, 1.165) is 31.9 Å². The summed E-state index contributed by atoms with van der Waals surface area (Å²) in [6.07, 6.45) is 2.67. The average Bonchev–Trinajstić information content (AvgIpc) is 3.00. The predicted octanol–water partition coefficient (Wildman–Crippen LogP) is 3.80. The summed E-state index contributed by atoms with van der Waals surface area (Å²) in [4.78, 5) is 0. The van der Waals surface area contributed by atoms with E-state index in [9.17, 15) is 0 Å². The van der Waals surface area contributed by atoms with Crippen LogP contribution < -0.4 is 5.32 Å². The third-order valence-corrected chi connectivity index (χ3v) is 3.97. The van der Waals surface area contributed by atoms with E-state index in [0.29, 0.717) is 6.61 Å². The van der Waals surface area contributed by atoms with Crippen LogP contribution in [0.25, 0.3) is 0 Å². The van der Waals surface area contributed by atoms with Gasteiger partial charge in [-0.15, -0.1) is 11.3 Å². The molecule has 0 radical (unpaired) electrons. The van der Waals surface area contributed by atoms with Gasteiger partial charge in [-0.25, -0.2) is 0 Å². The van der Waals surface area contributed by atoms with Gasteiger partial charge in [-0.2, -0.15) is 0 Å². The van der Waals surface area contributed by atoms with Crippen LogP contribution >= 0.6 is 27.3 Å². The molecule has 0 saturated carbocycles. The maximum Gasteiger partial charge on any atom is 0.129 e. The molecule has 0 aliphatic heterocycles. The maximum atomic E-state index is 5.50. The van der Waals surface area contributed by atoms with E-state index in [2.05, 4.69) is 32.7 Å². The highest BCUT2D eigenvalue weighted by Gasteiger charge is 1.97. The fourth-order valence-corrected chi connectivity index (χ4v) is 2.75. The fourth-order valence-electron chi connectivity index (χ4n) is 1.54. The summed E-state index contributed by atoms with van der Waals surface area (Å²) in [5.41, 5.74) is 1.32. The molecule has 2 aromatic heterocycles. The average molecular weight is 330 g/mol. The standard InChI is InChI=1S/C13H16BrNO2S/c14-13-7-11(10-18-13)8-15-4-2-5-16-9-12-3-1-6-17-12/h1,3,6-7,10,15H,2,4-5,8-9H2. The Morgan fingerprint density at radius 2 is 2.39 bits per heavy atom. The Morgan fingerprint density at radius 3 is 3.11 bits per heavy atom. The highest BCUT2D eigenvalue weighted by atomic mass is 79.9. The molecular formula is C13H16BrNO2S. The monoisotopic (exact) mass is 329 g/mol. The van der Waals surface area contributed by atoms with Crippen LogP contribution in [-0.4, -0.2) is 13.2 Å². The molecule has 2 heterocycles. The van der Waals surface area contributed by atoms with Gasteiger partial charge >= 0.3 is 0 Å². The Balaban J connectivity index is 1.46. The van der Waals surface area contributed by atoms with Gasteiger partial charge in [0.1, 0.15) is 12.4 Å². The largest absolute Gasteiger partial charge is 0.467 e. The molecule has 2 rings (SSSR count). The Bertz CT molecular complexity index is 442. The summed E-state index contributed by atoms with van der Waals surface area (Å²) in [6.45, 7) is 3.19. The molecule has 0 aliphatic rings. The number of ether oxygens (including phenoxy) is 1. The van der Waals surface area contributed by atoms with Crippen LogP contribution in [-0.2, 0) is 17.9 Å². The second-order valence-electron chi connectivity index (χ2n) is 3.92. The van der Waals surface area contributed by atoms with E-state index < -0.39 is 0 Å². The number of halogens is 1. The zero-order valence-electron chi connectivity index (χ0n) is 10.0. The first-order valence-corrected chi connectivity index (χ1v) is 7.55. The molecule has 0 spiro atoms. The number of hydrogen-bond donors (Lipinski definition) is 1. The van der Waals surface area contributed by atoms with Crippen molar-refractivity contribution in [3.63, 3.8) is 0 Å². The van der Waals surface area contributed by atoms with Gasteiger partial charge in [0.25, 0.3) is 0 Å². The molecule has 0 aromatic carbocycles. The molecule has 0 amide bonds. The van der Waals surface area contributed by atoms with E-state index in [-0.39, 0.29) is 0 Å². The topological polar surface area (TPSA) is 34.4 Å². The van der Waals surface area contributed by atoms with Crippen molar-refractivity contribution >= 4 is 27.3 Å². The first kappa shape index (κ1) is 13.8. The van der Waals surface area contributed by atoms with Gasteiger partial charge in [0.2, 0.25) is 0 Å². The zero-order chi connectivity index (χ0) is 12.6. The lowest BCUT2D eigenvalue weighted by molar-refractivity contribution is 0.104. The van der Waals surface area contributed by atoms with Gasteiger partial charge in [-0.3, -0.25) is 0 Å². The number of nitrogens with one attached hydrogen (secondary N) is 1. The smallest absolute Gasteiger partial charge is 0.129 e. The van der Waals surface area contributed by atoms with Gasteiger partial charge < -0.3 is 14.5 Å². The molecule has 18 heavy (non-hydrogen) atoms. The van der Waals surface area contributed by atoms with Crippen molar-refractivity contribution in [1.29, 1.82) is 0 Å². The number of thiophene rings is 1. The minimum Gasteiger partial charge on any atom is -0.467 e. The Kier molecular flexibility index (Phi) is 5.93. The van der Waals surface area contributed by atoms with Crippen molar-refractivity contribution in [3.05, 3.63) is 45.0 Å². The van der Waals surface area contributed by atoms with Gasteiger partial charge in [0.05, 0.1) is 10.0 Å². The normalized spacial score (nSPS) is 10.9. The fraction of sp³-hybridized carbons (Fsp3) is 0.385. The molecule has 0 unspecified atom stereocenters. The predicted molar refractivity (Wildman–Crippen MR) is 76.7 cm³/mol. The lowest BCUT2D eigenvalue weighted by Crippen LogP contribution is -2.15. The molecule has 3 nitrogen and oxygen atoms in total. The first-order chi connectivity index (χ1) is 8.84. The van der Waals surface area contributed by atoms with Gasteiger partial charge in [-0.05, 0) is 58.0 Å². The van der Waals surface area contributed by atoms with Crippen LogP contribution in [0, 0.1) is 0 Å². The van der Waals surface area contributed by atoms with Crippen LogP contribution in [0.3, 0.4) is 0 Å². The Morgan fingerprint density at radius 1 is 1.44 bits per heavy atom. The molecule has 0 aliphatic carbocycles. The quantitative estimate of drug-likeness (QED) is 0.748. The SMILES string of the molecule is Brc1cc(CNCCCOCc2ccco2)cs1. The Labute approximate surface area is 119 Å². The van der Waals surface area contributed by atoms with E-state index >= 15 is 0 Å². The second-order valence-corrected chi connectivity index (χ2v) is 6.21. The van der Waals surface area contributed by atoms with E-state index in [1.807, 2.05) is 12.1 Å². The van der Waals surface area contributed by atoms with E-state index in [1.54, 1.807) is 17.6 Å². The highest BCUT2D eigenvalue weighted by Crippen LogP contribution is 2.20. The number of rotatable bonds is 8. The van der Waals surface area contributed by atoms with Crippen LogP contribution in [0.2, 0.25) is 0 Å².